The van der Waals surface area contributed by atoms with Crippen LogP contribution in [0.15, 0.2) is 363 Å². The second-order valence-electron chi connectivity index (χ2n) is 19.6. The smallest absolute Gasteiger partial charge is 0.0122 e. The summed E-state index contributed by atoms with van der Waals surface area (Å²) in [6.45, 7) is 2.08. The summed E-state index contributed by atoms with van der Waals surface area (Å²) < 4.78 is 0. The molecule has 0 spiro atoms. The molecule has 0 aliphatic carbocycles. The number of benzene rings is 14. The van der Waals surface area contributed by atoms with E-state index < -0.39 is 10.0 Å². The molecule has 14 rings (SSSR count). The van der Waals surface area contributed by atoms with Crippen LogP contribution < -0.4 is 0 Å². The lowest BCUT2D eigenvalue weighted by atomic mass is 9.84. The maximum atomic E-state index is 2.55. The minimum Gasteiger partial charge on any atom is -0.133 e. The summed E-state index contributed by atoms with van der Waals surface area (Å²) in [4.78, 5) is 7.82. The Morgan fingerprint density at radius 3 is 1.09 bits per heavy atom. The fraction of sp³-hybridized carbons (Fsp3) is 0.0130. The topological polar surface area (TPSA) is 0 Å². The molecule has 0 heterocycles. The van der Waals surface area contributed by atoms with E-state index in [0.29, 0.717) is 0 Å². The van der Waals surface area contributed by atoms with Gasteiger partial charge in [0, 0.05) is 29.4 Å². The van der Waals surface area contributed by atoms with Gasteiger partial charge in [0.1, 0.15) is 0 Å². The predicted octanol–water partition coefficient (Wildman–Crippen LogP) is 22.5. The quantitative estimate of drug-likeness (QED) is 0.130. The Morgan fingerprint density at radius 1 is 0.241 bits per heavy atom. The molecule has 0 aromatic heterocycles. The molecule has 0 saturated heterocycles. The number of rotatable bonds is 9. The van der Waals surface area contributed by atoms with Gasteiger partial charge < -0.3 is 0 Å². The van der Waals surface area contributed by atoms with Gasteiger partial charge in [0.15, 0.2) is 0 Å². The van der Waals surface area contributed by atoms with Crippen molar-refractivity contribution in [3.8, 4) is 33.4 Å². The van der Waals surface area contributed by atoms with E-state index in [4.69, 9.17) is 0 Å². The molecule has 0 unspecified atom stereocenters. The Kier molecular flexibility index (Phi) is 15.1. The molecule has 14 aromatic carbocycles. The molecule has 0 N–H and O–H groups in total. The van der Waals surface area contributed by atoms with Gasteiger partial charge in [-0.3, -0.25) is 0 Å². The second kappa shape index (κ2) is 23.6. The molecular weight excluding hydrogens is 989 g/mol. The molecule has 0 amide bonds. The largest absolute Gasteiger partial charge is 0.133 e. The average Bonchev–Trinajstić information content (AvgIpc) is 3.69. The van der Waals surface area contributed by atoms with Crippen molar-refractivity contribution in [1.82, 2.24) is 0 Å². The zero-order chi connectivity index (χ0) is 53.2. The zero-order valence-electron chi connectivity index (χ0n) is 44.1. The highest BCUT2D eigenvalue weighted by atomic mass is 32.3. The Bertz CT molecular complexity index is 4150. The van der Waals surface area contributed by atoms with Crippen LogP contribution in [0.25, 0.3) is 76.5 Å². The maximum Gasteiger partial charge on any atom is 0.0122 e. The molecule has 0 aliphatic heterocycles. The first-order chi connectivity index (χ1) is 39.1. The first-order valence-electron chi connectivity index (χ1n) is 27.0. The molecule has 0 nitrogen and oxygen atoms in total. The van der Waals surface area contributed by atoms with Crippen molar-refractivity contribution in [3.05, 3.63) is 339 Å². The molecule has 0 bridgehead atoms. The van der Waals surface area contributed by atoms with Crippen molar-refractivity contribution in [2.24, 2.45) is 0 Å². The van der Waals surface area contributed by atoms with Gasteiger partial charge >= 0.3 is 0 Å². The fourth-order valence-electron chi connectivity index (χ4n) is 11.0. The van der Waals surface area contributed by atoms with Crippen molar-refractivity contribution in [1.29, 1.82) is 0 Å². The normalized spacial score (nSPS) is 11.4. The van der Waals surface area contributed by atoms with Gasteiger partial charge in [-0.05, 0) is 156 Å². The minimum absolute atomic E-state index is 1.21. The van der Waals surface area contributed by atoms with Crippen LogP contribution in [-0.4, -0.2) is 0 Å². The number of hydrogen-bond donors (Lipinski definition) is 0. The molecule has 0 fully saturated rings. The van der Waals surface area contributed by atoms with Crippen LogP contribution in [0.4, 0.5) is 0 Å². The Balaban J connectivity index is 0.000000260. The van der Waals surface area contributed by atoms with Gasteiger partial charge in [0.25, 0.3) is 0 Å². The van der Waals surface area contributed by atoms with Crippen LogP contribution in [0.1, 0.15) is 5.56 Å². The molecule has 378 valence electrons. The summed E-state index contributed by atoms with van der Waals surface area (Å²) in [5.74, 6) is 0. The van der Waals surface area contributed by atoms with Gasteiger partial charge in [0.05, 0.1) is 0 Å². The Hall–Kier alpha value is -9.18. The first kappa shape index (κ1) is 50.6. The summed E-state index contributed by atoms with van der Waals surface area (Å²) in [5, 5.41) is 10.0. The summed E-state index contributed by atoms with van der Waals surface area (Å²) in [5.41, 5.74) is 8.78. The average molecular weight is 1050 g/mol. The summed E-state index contributed by atoms with van der Waals surface area (Å²) in [6.07, 6.45) is 0. The van der Waals surface area contributed by atoms with Crippen molar-refractivity contribution in [3.63, 3.8) is 0 Å². The van der Waals surface area contributed by atoms with Crippen molar-refractivity contribution in [2.75, 3.05) is 0 Å². The van der Waals surface area contributed by atoms with Crippen LogP contribution >= 0.6 is 21.8 Å². The van der Waals surface area contributed by atoms with Crippen molar-refractivity contribution < 1.29 is 0 Å². The van der Waals surface area contributed by atoms with E-state index in [1.807, 2.05) is 30.3 Å². The molecular formula is C77H58S2. The van der Waals surface area contributed by atoms with Gasteiger partial charge in [-0.1, -0.05) is 278 Å². The van der Waals surface area contributed by atoms with E-state index in [0.717, 1.165) is 0 Å². The summed E-state index contributed by atoms with van der Waals surface area (Å²) in [6, 6.07) is 121. The number of fused-ring (bicyclic) bond motifs is 4. The van der Waals surface area contributed by atoms with Gasteiger partial charge in [0.2, 0.25) is 0 Å². The molecule has 79 heavy (non-hydrogen) atoms. The lowest BCUT2D eigenvalue weighted by molar-refractivity contribution is 1.25. The van der Waals surface area contributed by atoms with E-state index in [1.165, 1.54) is 111 Å². The molecule has 0 saturated carbocycles. The standard InChI is InChI=1S/C58H40S.C12H10S.C7H8/c1-4-22-45(23-5-1)59(46-24-6-2-7-25-46,47-26-8-3-9-27-47)48-38-39-55-56(40-48)58(52-33-17-21-42-19-11-13-29-51(42)52)54-31-15-14-30-53(54)57(55)44-36-34-43(35-37-44)50-32-16-20-41-18-10-12-28-49(41)50;1-3-7-11(8-4-1)13-12-9-5-2-6-10-12;1-7-5-3-2-4-6-7/h1-40H;1-10H;2-6H,1H3. The van der Waals surface area contributed by atoms with E-state index in [2.05, 4.69) is 310 Å². The third-order valence-electron chi connectivity index (χ3n) is 14.6. The molecule has 2 heteroatoms. The second-order valence-corrected chi connectivity index (χ2v) is 23.8. The monoisotopic (exact) mass is 1050 g/mol. The van der Waals surface area contributed by atoms with Gasteiger partial charge in [-0.25, -0.2) is 0 Å². The van der Waals surface area contributed by atoms with Crippen LogP contribution in [0.5, 0.6) is 0 Å². The van der Waals surface area contributed by atoms with Gasteiger partial charge in [-0.15, -0.1) is 10.0 Å². The van der Waals surface area contributed by atoms with Crippen LogP contribution in [0, 0.1) is 6.92 Å². The first-order valence-corrected chi connectivity index (χ1v) is 29.4. The van der Waals surface area contributed by atoms with Crippen LogP contribution in [0.2, 0.25) is 0 Å². The molecule has 0 atom stereocenters. The molecule has 14 aromatic rings. The zero-order valence-corrected chi connectivity index (χ0v) is 45.7. The highest BCUT2D eigenvalue weighted by molar-refractivity contribution is 8.34. The number of aryl methyl sites for hydroxylation is 1. The Morgan fingerprint density at radius 2 is 0.608 bits per heavy atom. The SMILES string of the molecule is Cc1ccccc1.c1ccc(S(c2ccccc2)(c2ccccc2)c2ccc3c(-c4ccc(-c5cccc6ccccc56)cc4)c4ccccc4c(-c4cccc5ccccc45)c3c2)cc1.c1ccc(Sc2ccccc2)cc1. The molecule has 0 radical (unpaired) electrons. The van der Waals surface area contributed by atoms with E-state index in [9.17, 15) is 0 Å². The highest BCUT2D eigenvalue weighted by Gasteiger charge is 2.34. The van der Waals surface area contributed by atoms with Crippen molar-refractivity contribution >= 4 is 64.9 Å². The Labute approximate surface area is 470 Å². The lowest BCUT2D eigenvalue weighted by Gasteiger charge is -2.42. The highest BCUT2D eigenvalue weighted by Crippen LogP contribution is 2.73. The lowest BCUT2D eigenvalue weighted by Crippen LogP contribution is -2.05. The predicted molar refractivity (Wildman–Crippen MR) is 341 cm³/mol. The molecule has 0 aliphatic rings. The van der Waals surface area contributed by atoms with E-state index in [1.54, 1.807) is 11.8 Å². The van der Waals surface area contributed by atoms with E-state index in [-0.39, 0.29) is 0 Å². The van der Waals surface area contributed by atoms with E-state index >= 15 is 0 Å². The summed E-state index contributed by atoms with van der Waals surface area (Å²) in [7, 11) is -1.93. The fourth-order valence-corrected chi connectivity index (χ4v) is 15.8. The third kappa shape index (κ3) is 10.5. The summed E-state index contributed by atoms with van der Waals surface area (Å²) >= 11 is 1.79. The van der Waals surface area contributed by atoms with Gasteiger partial charge in [-0.2, -0.15) is 0 Å². The maximum absolute atomic E-state index is 2.55. The van der Waals surface area contributed by atoms with Crippen molar-refractivity contribution in [2.45, 2.75) is 36.3 Å². The third-order valence-corrected chi connectivity index (χ3v) is 19.5. The van der Waals surface area contributed by atoms with Crippen LogP contribution in [-0.2, 0) is 0 Å². The number of hydrogen-bond acceptors (Lipinski definition) is 1. The van der Waals surface area contributed by atoms with Crippen LogP contribution in [0.3, 0.4) is 0 Å². The minimum atomic E-state index is -1.93.